The molecule has 0 aliphatic carbocycles. The number of amides is 2. The van der Waals surface area contributed by atoms with Crippen LogP contribution in [0.5, 0.6) is 0 Å². The van der Waals surface area contributed by atoms with Gasteiger partial charge in [0.25, 0.3) is 0 Å². The van der Waals surface area contributed by atoms with Gasteiger partial charge >= 0.3 is 0 Å². The summed E-state index contributed by atoms with van der Waals surface area (Å²) in [4.78, 5) is 24.3. The van der Waals surface area contributed by atoms with Crippen LogP contribution in [0.2, 0.25) is 0 Å². The van der Waals surface area contributed by atoms with E-state index in [4.69, 9.17) is 0 Å². The highest BCUT2D eigenvalue weighted by Crippen LogP contribution is 2.10. The van der Waals surface area contributed by atoms with E-state index < -0.39 is 0 Å². The van der Waals surface area contributed by atoms with Gasteiger partial charge in [0.2, 0.25) is 11.8 Å². The van der Waals surface area contributed by atoms with Gasteiger partial charge in [-0.2, -0.15) is 0 Å². The van der Waals surface area contributed by atoms with Crippen LogP contribution in [0, 0.1) is 0 Å². The van der Waals surface area contributed by atoms with Crippen molar-refractivity contribution in [2.45, 2.75) is 46.0 Å². The van der Waals surface area contributed by atoms with E-state index in [1.54, 1.807) is 0 Å². The zero-order chi connectivity index (χ0) is 13.8. The van der Waals surface area contributed by atoms with Gasteiger partial charge in [-0.05, 0) is 18.9 Å². The van der Waals surface area contributed by atoms with Crippen LogP contribution < -0.4 is 5.32 Å². The lowest BCUT2D eigenvalue weighted by atomic mass is 10.2. The molecule has 0 bridgehead atoms. The zero-order valence-corrected chi connectivity index (χ0v) is 11.7. The zero-order valence-electron chi connectivity index (χ0n) is 11.7. The molecule has 104 valence electrons. The molecule has 0 aromatic rings. The van der Waals surface area contributed by atoms with Crippen molar-refractivity contribution in [3.05, 3.63) is 12.7 Å². The minimum Gasteiger partial charge on any atom is -0.351 e. The number of rotatable bonds is 4. The molecule has 18 heavy (non-hydrogen) atoms. The summed E-state index contributed by atoms with van der Waals surface area (Å²) < 4.78 is 0. The highest BCUT2D eigenvalue weighted by molar-refractivity contribution is 5.86. The monoisotopic (exact) mass is 254 g/mol. The molecule has 0 saturated carbocycles. The van der Waals surface area contributed by atoms with Crippen molar-refractivity contribution in [2.24, 2.45) is 0 Å². The van der Waals surface area contributed by atoms with Crippen LogP contribution in [0.4, 0.5) is 0 Å². The first-order chi connectivity index (χ1) is 8.65. The summed E-state index contributed by atoms with van der Waals surface area (Å²) in [6.07, 6.45) is 6.33. The van der Waals surface area contributed by atoms with E-state index in [1.807, 2.05) is 4.90 Å². The molecular weight excluding hydrogens is 228 g/mol. The fourth-order valence-electron chi connectivity index (χ4n) is 1.66. The van der Waals surface area contributed by atoms with Gasteiger partial charge in [0.1, 0.15) is 0 Å². The second-order valence-corrected chi connectivity index (χ2v) is 4.39. The number of hydrogen-bond donors (Lipinski definition) is 1. The highest BCUT2D eigenvalue weighted by Gasteiger charge is 2.15. The maximum Gasteiger partial charge on any atom is 0.243 e. The van der Waals surface area contributed by atoms with Gasteiger partial charge in [-0.1, -0.05) is 33.3 Å². The van der Waals surface area contributed by atoms with Crippen molar-refractivity contribution in [3.8, 4) is 0 Å². The molecule has 0 aromatic heterocycles. The van der Waals surface area contributed by atoms with E-state index in [0.717, 1.165) is 25.8 Å². The number of carbonyl (C=O) groups excluding carboxylic acids is 2. The van der Waals surface area contributed by atoms with Crippen LogP contribution in [-0.2, 0) is 9.59 Å². The van der Waals surface area contributed by atoms with Crippen LogP contribution >= 0.6 is 0 Å². The molecule has 4 heteroatoms. The van der Waals surface area contributed by atoms with Gasteiger partial charge in [0, 0.05) is 26.1 Å². The fourth-order valence-corrected chi connectivity index (χ4v) is 1.66. The Morgan fingerprint density at radius 2 is 2.06 bits per heavy atom. The van der Waals surface area contributed by atoms with E-state index in [0.29, 0.717) is 19.5 Å². The highest BCUT2D eigenvalue weighted by atomic mass is 16.2. The average molecular weight is 254 g/mol. The molecule has 1 fully saturated rings. The van der Waals surface area contributed by atoms with Gasteiger partial charge in [-0.3, -0.25) is 9.59 Å². The van der Waals surface area contributed by atoms with Crippen LogP contribution in [0.3, 0.4) is 0 Å². The molecule has 0 aromatic carbocycles. The Bertz CT molecular complexity index is 265. The summed E-state index contributed by atoms with van der Waals surface area (Å²) in [6, 6.07) is 0. The maximum atomic E-state index is 11.6. The predicted molar refractivity (Wildman–Crippen MR) is 74.2 cm³/mol. The van der Waals surface area contributed by atoms with Crippen molar-refractivity contribution >= 4 is 11.8 Å². The molecule has 2 amide bonds. The van der Waals surface area contributed by atoms with E-state index in [9.17, 15) is 9.59 Å². The van der Waals surface area contributed by atoms with Gasteiger partial charge in [0.05, 0.1) is 0 Å². The molecule has 1 saturated heterocycles. The number of nitrogens with zero attached hydrogens (tertiary/aromatic N) is 1. The number of hydrogen-bond acceptors (Lipinski definition) is 2. The van der Waals surface area contributed by atoms with Crippen molar-refractivity contribution in [3.63, 3.8) is 0 Å². The molecule has 0 unspecified atom stereocenters. The van der Waals surface area contributed by atoms with Gasteiger partial charge < -0.3 is 10.2 Å². The molecule has 0 spiro atoms. The Morgan fingerprint density at radius 1 is 1.39 bits per heavy atom. The lowest BCUT2D eigenvalue weighted by Crippen LogP contribution is -2.37. The lowest BCUT2D eigenvalue weighted by Gasteiger charge is -2.20. The molecule has 1 aliphatic rings. The minimum absolute atomic E-state index is 0.183. The Hall–Kier alpha value is -1.32. The van der Waals surface area contributed by atoms with Gasteiger partial charge in [-0.15, -0.1) is 0 Å². The minimum atomic E-state index is -0.183. The van der Waals surface area contributed by atoms with Crippen LogP contribution in [-0.4, -0.2) is 36.3 Å². The van der Waals surface area contributed by atoms with Crippen molar-refractivity contribution in [1.29, 1.82) is 0 Å². The molecular formula is C14H26N2O2. The molecule has 0 radical (unpaired) electrons. The smallest absolute Gasteiger partial charge is 0.243 e. The topological polar surface area (TPSA) is 49.4 Å². The third-order valence-corrected chi connectivity index (χ3v) is 2.54. The van der Waals surface area contributed by atoms with E-state index in [1.165, 1.54) is 12.5 Å². The Labute approximate surface area is 110 Å². The summed E-state index contributed by atoms with van der Waals surface area (Å²) in [5.41, 5.74) is 0. The Morgan fingerprint density at radius 3 is 2.67 bits per heavy atom. The van der Waals surface area contributed by atoms with Crippen LogP contribution in [0.15, 0.2) is 12.7 Å². The lowest BCUT2D eigenvalue weighted by molar-refractivity contribution is -0.131. The quantitative estimate of drug-likeness (QED) is 0.781. The standard InChI is InChI=1S/C11H18N2O2.C3H8/c1-2-10(14)12-7-9-13-8-5-3-4-6-11(13)15;1-3-2/h2H,1,3-9H2,(H,12,14);3H2,1-2H3. The summed E-state index contributed by atoms with van der Waals surface area (Å²) >= 11 is 0. The molecule has 0 atom stereocenters. The summed E-state index contributed by atoms with van der Waals surface area (Å²) in [7, 11) is 0. The number of carbonyl (C=O) groups is 2. The SMILES string of the molecule is C=CC(=O)NCCN1CCCCCC1=O.CCC. The molecule has 1 aliphatic heterocycles. The van der Waals surface area contributed by atoms with Gasteiger partial charge in [-0.25, -0.2) is 0 Å². The molecule has 1 heterocycles. The first-order valence-corrected chi connectivity index (χ1v) is 6.83. The van der Waals surface area contributed by atoms with Crippen molar-refractivity contribution in [2.75, 3.05) is 19.6 Å². The molecule has 1 N–H and O–H groups in total. The molecule has 4 nitrogen and oxygen atoms in total. The van der Waals surface area contributed by atoms with Crippen molar-refractivity contribution in [1.82, 2.24) is 10.2 Å². The van der Waals surface area contributed by atoms with E-state index in [2.05, 4.69) is 25.7 Å². The third-order valence-electron chi connectivity index (χ3n) is 2.54. The Kier molecular flexibility index (Phi) is 10.0. The number of nitrogens with one attached hydrogen (secondary N) is 1. The predicted octanol–water partition coefficient (Wildman–Crippen LogP) is 2.11. The summed E-state index contributed by atoms with van der Waals surface area (Å²) in [5, 5.41) is 2.67. The maximum absolute atomic E-state index is 11.6. The normalized spacial score (nSPS) is 15.2. The van der Waals surface area contributed by atoms with Crippen molar-refractivity contribution < 1.29 is 9.59 Å². The third kappa shape index (κ3) is 7.87. The van der Waals surface area contributed by atoms with Crippen LogP contribution in [0.1, 0.15) is 46.0 Å². The van der Waals surface area contributed by atoms with Crippen LogP contribution in [0.25, 0.3) is 0 Å². The Balaban J connectivity index is 0.000000873. The van der Waals surface area contributed by atoms with E-state index >= 15 is 0 Å². The van der Waals surface area contributed by atoms with E-state index in [-0.39, 0.29) is 11.8 Å². The summed E-state index contributed by atoms with van der Waals surface area (Å²) in [6.45, 7) is 9.56. The first-order valence-electron chi connectivity index (χ1n) is 6.83. The average Bonchev–Trinajstić information content (AvgIpc) is 2.55. The molecule has 1 rings (SSSR count). The van der Waals surface area contributed by atoms with Gasteiger partial charge in [0.15, 0.2) is 0 Å². The largest absolute Gasteiger partial charge is 0.351 e. The first kappa shape index (κ1) is 16.7. The fraction of sp³-hybridized carbons (Fsp3) is 0.714. The second-order valence-electron chi connectivity index (χ2n) is 4.39. The second kappa shape index (κ2) is 10.8. The summed E-state index contributed by atoms with van der Waals surface area (Å²) in [5.74, 6) is 0.0256. The number of likely N-dealkylation sites (tertiary alicyclic amines) is 1.